The minimum absolute atomic E-state index is 0.191. The van der Waals surface area contributed by atoms with E-state index in [4.69, 9.17) is 16.1 Å². The Morgan fingerprint density at radius 1 is 1.46 bits per heavy atom. The molecule has 0 aliphatic carbocycles. The van der Waals surface area contributed by atoms with Gasteiger partial charge in [-0.3, -0.25) is 0 Å². The van der Waals surface area contributed by atoms with Gasteiger partial charge in [-0.05, 0) is 28.1 Å². The highest BCUT2D eigenvalue weighted by Gasteiger charge is 2.22. The van der Waals surface area contributed by atoms with E-state index in [0.29, 0.717) is 11.8 Å². The maximum Gasteiger partial charge on any atom is 0.263 e. The Bertz CT molecular complexity index is 277. The minimum Gasteiger partial charge on any atom is -0.338 e. The van der Waals surface area contributed by atoms with Crippen molar-refractivity contribution in [1.29, 1.82) is 0 Å². The number of hydrogen-bond acceptors (Lipinski definition) is 3. The molecule has 0 saturated carbocycles. The van der Waals surface area contributed by atoms with E-state index in [1.165, 1.54) is 0 Å². The molecule has 4 heteroatoms. The van der Waals surface area contributed by atoms with Crippen molar-refractivity contribution in [2.75, 3.05) is 0 Å². The van der Waals surface area contributed by atoms with Crippen LogP contribution in [-0.4, -0.2) is 10.1 Å². The molecule has 1 heterocycles. The summed E-state index contributed by atoms with van der Waals surface area (Å²) in [7, 11) is 0. The second-order valence-corrected chi connectivity index (χ2v) is 4.77. The zero-order valence-electron chi connectivity index (χ0n) is 8.47. The molecule has 1 aromatic heterocycles. The fourth-order valence-corrected chi connectivity index (χ4v) is 1.01. The number of aromatic nitrogens is 2. The predicted molar refractivity (Wildman–Crippen MR) is 51.6 cm³/mol. The molecular formula is C9H15ClN2O. The lowest BCUT2D eigenvalue weighted by Gasteiger charge is -2.25. The highest BCUT2D eigenvalue weighted by molar-refractivity contribution is 6.28. The highest BCUT2D eigenvalue weighted by atomic mass is 35.5. The molecule has 3 nitrogen and oxygen atoms in total. The van der Waals surface area contributed by atoms with Crippen molar-refractivity contribution in [3.63, 3.8) is 0 Å². The molecule has 1 aromatic rings. The van der Waals surface area contributed by atoms with Gasteiger partial charge in [0.25, 0.3) is 5.28 Å². The van der Waals surface area contributed by atoms with Gasteiger partial charge in [-0.1, -0.05) is 27.7 Å². The van der Waals surface area contributed by atoms with Crippen molar-refractivity contribution in [3.05, 3.63) is 11.2 Å². The van der Waals surface area contributed by atoms with Gasteiger partial charge in [0.15, 0.2) is 0 Å². The van der Waals surface area contributed by atoms with Crippen LogP contribution in [-0.2, 0) is 6.42 Å². The third-order valence-electron chi connectivity index (χ3n) is 2.40. The van der Waals surface area contributed by atoms with Crippen LogP contribution in [0, 0.1) is 11.3 Å². The van der Waals surface area contributed by atoms with Gasteiger partial charge in [-0.2, -0.15) is 4.98 Å². The molecule has 1 rings (SSSR count). The van der Waals surface area contributed by atoms with Crippen LogP contribution in [0.1, 0.15) is 33.6 Å². The number of rotatable bonds is 2. The van der Waals surface area contributed by atoms with E-state index in [-0.39, 0.29) is 10.7 Å². The van der Waals surface area contributed by atoms with Crippen LogP contribution in [0.2, 0.25) is 5.28 Å². The SMILES string of the molecule is CC(Cc1nc(Cl)no1)C(C)(C)C. The summed E-state index contributed by atoms with van der Waals surface area (Å²) >= 11 is 5.54. The molecule has 0 spiro atoms. The maximum atomic E-state index is 5.54. The first-order chi connectivity index (χ1) is 5.89. The molecule has 0 bridgehead atoms. The van der Waals surface area contributed by atoms with Crippen LogP contribution >= 0.6 is 11.6 Å². The van der Waals surface area contributed by atoms with Crippen LogP contribution in [0.4, 0.5) is 0 Å². The molecule has 74 valence electrons. The number of halogens is 1. The summed E-state index contributed by atoms with van der Waals surface area (Å²) in [4.78, 5) is 3.95. The van der Waals surface area contributed by atoms with Crippen molar-refractivity contribution >= 4 is 11.6 Å². The standard InChI is InChI=1S/C9H15ClN2O/c1-6(9(2,3)4)5-7-11-8(10)12-13-7/h6H,5H2,1-4H3. The average Bonchev–Trinajstić information content (AvgIpc) is 2.33. The summed E-state index contributed by atoms with van der Waals surface area (Å²) in [6.45, 7) is 8.74. The number of hydrogen-bond donors (Lipinski definition) is 0. The Kier molecular flexibility index (Phi) is 2.96. The van der Waals surface area contributed by atoms with E-state index in [9.17, 15) is 0 Å². The molecule has 0 aliphatic rings. The Labute approximate surface area is 83.5 Å². The second-order valence-electron chi connectivity index (χ2n) is 4.43. The third kappa shape index (κ3) is 2.99. The van der Waals surface area contributed by atoms with Crippen LogP contribution in [0.25, 0.3) is 0 Å². The van der Waals surface area contributed by atoms with Crippen LogP contribution in [0.15, 0.2) is 4.52 Å². The molecule has 0 amide bonds. The lowest BCUT2D eigenvalue weighted by Crippen LogP contribution is -2.19. The van der Waals surface area contributed by atoms with E-state index < -0.39 is 0 Å². The molecule has 0 saturated heterocycles. The van der Waals surface area contributed by atoms with Crippen molar-refractivity contribution in [2.24, 2.45) is 11.3 Å². The van der Waals surface area contributed by atoms with Gasteiger partial charge < -0.3 is 4.52 Å². The van der Waals surface area contributed by atoms with Crippen LogP contribution in [0.5, 0.6) is 0 Å². The quantitative estimate of drug-likeness (QED) is 0.740. The molecule has 13 heavy (non-hydrogen) atoms. The lowest BCUT2D eigenvalue weighted by atomic mass is 9.80. The van der Waals surface area contributed by atoms with Gasteiger partial charge in [-0.15, -0.1) is 0 Å². The Morgan fingerprint density at radius 3 is 2.46 bits per heavy atom. The normalized spacial score (nSPS) is 14.5. The van der Waals surface area contributed by atoms with Crippen LogP contribution in [0.3, 0.4) is 0 Å². The Hall–Kier alpha value is -0.570. The third-order valence-corrected chi connectivity index (χ3v) is 2.56. The average molecular weight is 203 g/mol. The molecule has 0 aliphatic heterocycles. The van der Waals surface area contributed by atoms with Gasteiger partial charge in [0, 0.05) is 6.42 Å². The minimum atomic E-state index is 0.191. The fourth-order valence-electron chi connectivity index (χ4n) is 0.885. The largest absolute Gasteiger partial charge is 0.338 e. The Balaban J connectivity index is 2.60. The first-order valence-electron chi connectivity index (χ1n) is 4.37. The van der Waals surface area contributed by atoms with Gasteiger partial charge in [0.2, 0.25) is 5.89 Å². The summed E-state index contributed by atoms with van der Waals surface area (Å²) < 4.78 is 4.94. The van der Waals surface area contributed by atoms with Gasteiger partial charge in [-0.25, -0.2) is 0 Å². The summed E-state index contributed by atoms with van der Waals surface area (Å²) in [5, 5.41) is 3.72. The lowest BCUT2D eigenvalue weighted by molar-refractivity contribution is 0.236. The van der Waals surface area contributed by atoms with Crippen molar-refractivity contribution in [2.45, 2.75) is 34.1 Å². The smallest absolute Gasteiger partial charge is 0.263 e. The molecule has 0 aromatic carbocycles. The van der Waals surface area contributed by atoms with Gasteiger partial charge >= 0.3 is 0 Å². The predicted octanol–water partition coefficient (Wildman–Crippen LogP) is 2.95. The maximum absolute atomic E-state index is 5.54. The second kappa shape index (κ2) is 3.66. The summed E-state index contributed by atoms with van der Waals surface area (Å²) in [6.07, 6.45) is 0.781. The van der Waals surface area contributed by atoms with E-state index in [2.05, 4.69) is 37.8 Å². The molecule has 0 fully saturated rings. The van der Waals surface area contributed by atoms with Crippen LogP contribution < -0.4 is 0 Å². The molecule has 0 radical (unpaired) electrons. The first-order valence-corrected chi connectivity index (χ1v) is 4.75. The zero-order valence-corrected chi connectivity index (χ0v) is 9.22. The zero-order chi connectivity index (χ0) is 10.1. The van der Waals surface area contributed by atoms with E-state index >= 15 is 0 Å². The van der Waals surface area contributed by atoms with E-state index in [1.807, 2.05) is 0 Å². The van der Waals surface area contributed by atoms with E-state index in [0.717, 1.165) is 6.42 Å². The summed E-state index contributed by atoms with van der Waals surface area (Å²) in [5.74, 6) is 1.11. The monoisotopic (exact) mass is 202 g/mol. The molecule has 1 unspecified atom stereocenters. The molecule has 0 N–H and O–H groups in total. The summed E-state index contributed by atoms with van der Waals surface area (Å²) in [5.41, 5.74) is 0.251. The van der Waals surface area contributed by atoms with Gasteiger partial charge in [0.1, 0.15) is 0 Å². The van der Waals surface area contributed by atoms with E-state index in [1.54, 1.807) is 0 Å². The van der Waals surface area contributed by atoms with Gasteiger partial charge in [0.05, 0.1) is 0 Å². The van der Waals surface area contributed by atoms with Crippen molar-refractivity contribution in [1.82, 2.24) is 10.1 Å². The first kappa shape index (κ1) is 10.5. The fraction of sp³-hybridized carbons (Fsp3) is 0.778. The highest BCUT2D eigenvalue weighted by Crippen LogP contribution is 2.28. The topological polar surface area (TPSA) is 38.9 Å². The molecular weight excluding hydrogens is 188 g/mol. The number of nitrogens with zero attached hydrogens (tertiary/aromatic N) is 2. The summed E-state index contributed by atoms with van der Waals surface area (Å²) in [6, 6.07) is 0. The Morgan fingerprint density at radius 2 is 2.08 bits per heavy atom. The van der Waals surface area contributed by atoms with Crippen molar-refractivity contribution in [3.8, 4) is 0 Å². The molecule has 1 atom stereocenters. The van der Waals surface area contributed by atoms with Crippen molar-refractivity contribution < 1.29 is 4.52 Å².